The summed E-state index contributed by atoms with van der Waals surface area (Å²) in [6.45, 7) is 1.11. The first-order valence-corrected chi connectivity index (χ1v) is 6.42. The van der Waals surface area contributed by atoms with Gasteiger partial charge in [0.15, 0.2) is 0 Å². The van der Waals surface area contributed by atoms with Crippen LogP contribution in [-0.2, 0) is 18.0 Å². The highest BCUT2D eigenvalue weighted by Gasteiger charge is 2.01. The number of hydroxylamine groups is 1. The Morgan fingerprint density at radius 2 is 1.50 bits per heavy atom. The van der Waals surface area contributed by atoms with Gasteiger partial charge in [0, 0.05) is 12.6 Å². The summed E-state index contributed by atoms with van der Waals surface area (Å²) < 4.78 is 10.4. The van der Waals surface area contributed by atoms with Crippen LogP contribution in [0.4, 0.5) is 0 Å². The summed E-state index contributed by atoms with van der Waals surface area (Å²) in [6.07, 6.45) is 0. The van der Waals surface area contributed by atoms with Gasteiger partial charge in [-0.05, 0) is 23.3 Å². The summed E-state index contributed by atoms with van der Waals surface area (Å²) in [5, 5.41) is 0. The molecule has 0 radical (unpaired) electrons. The van der Waals surface area contributed by atoms with Crippen LogP contribution in [0.25, 0.3) is 0 Å². The van der Waals surface area contributed by atoms with Crippen LogP contribution in [0.1, 0.15) is 11.1 Å². The molecule has 0 heterocycles. The normalized spacial score (nSPS) is 10.3. The second-order valence-electron chi connectivity index (χ2n) is 4.32. The molecule has 2 aromatic carbocycles. The fourth-order valence-electron chi connectivity index (χ4n) is 1.81. The van der Waals surface area contributed by atoms with E-state index in [0.717, 1.165) is 22.6 Å². The van der Waals surface area contributed by atoms with Crippen LogP contribution in [0.5, 0.6) is 11.5 Å². The maximum atomic E-state index is 5.44. The molecule has 0 aromatic heterocycles. The van der Waals surface area contributed by atoms with Gasteiger partial charge >= 0.3 is 0 Å². The molecule has 0 saturated heterocycles. The van der Waals surface area contributed by atoms with Crippen molar-refractivity contribution in [1.29, 1.82) is 0 Å². The maximum Gasteiger partial charge on any atom is 0.122 e. The first-order chi connectivity index (χ1) is 9.81. The fourth-order valence-corrected chi connectivity index (χ4v) is 1.81. The van der Waals surface area contributed by atoms with Gasteiger partial charge in [0.05, 0.1) is 20.8 Å². The number of nitrogens with one attached hydrogen (secondary N) is 1. The van der Waals surface area contributed by atoms with Crippen molar-refractivity contribution >= 4 is 0 Å². The highest BCUT2D eigenvalue weighted by atomic mass is 16.6. The first-order valence-electron chi connectivity index (χ1n) is 6.42. The number of rotatable bonds is 7. The van der Waals surface area contributed by atoms with Gasteiger partial charge in [-0.1, -0.05) is 30.3 Å². The molecule has 0 aliphatic carbocycles. The quantitative estimate of drug-likeness (QED) is 0.622. The van der Waals surface area contributed by atoms with Crippen LogP contribution in [0, 0.1) is 0 Å². The third-order valence-corrected chi connectivity index (χ3v) is 2.87. The van der Waals surface area contributed by atoms with E-state index < -0.39 is 0 Å². The standard InChI is InChI=1S/C16H19NO3/c1-18-15-8-14(9-16(10-15)19-2)11-17-20-12-13-6-4-3-5-7-13/h3-10,17H,11-12H2,1-2H3. The third-order valence-electron chi connectivity index (χ3n) is 2.87. The molecule has 0 aliphatic rings. The minimum Gasteiger partial charge on any atom is -0.497 e. The van der Waals surface area contributed by atoms with Crippen molar-refractivity contribution in [3.8, 4) is 11.5 Å². The van der Waals surface area contributed by atoms with Crippen molar-refractivity contribution in [1.82, 2.24) is 5.48 Å². The molecule has 0 bridgehead atoms. The van der Waals surface area contributed by atoms with Crippen LogP contribution in [0.2, 0.25) is 0 Å². The summed E-state index contributed by atoms with van der Waals surface area (Å²) in [7, 11) is 3.27. The Kier molecular flexibility index (Phi) is 5.41. The molecule has 1 N–H and O–H groups in total. The lowest BCUT2D eigenvalue weighted by atomic mass is 10.2. The lowest BCUT2D eigenvalue weighted by molar-refractivity contribution is 0.0234. The van der Waals surface area contributed by atoms with Gasteiger partial charge < -0.3 is 9.47 Å². The zero-order valence-electron chi connectivity index (χ0n) is 11.8. The minimum atomic E-state index is 0.530. The van der Waals surface area contributed by atoms with E-state index in [-0.39, 0.29) is 0 Å². The van der Waals surface area contributed by atoms with E-state index in [1.165, 1.54) is 0 Å². The molecule has 2 aromatic rings. The number of benzene rings is 2. The Morgan fingerprint density at radius 1 is 0.850 bits per heavy atom. The molecule has 0 unspecified atom stereocenters. The number of methoxy groups -OCH3 is 2. The summed E-state index contributed by atoms with van der Waals surface area (Å²) in [6, 6.07) is 15.8. The molecule has 106 valence electrons. The molecule has 0 atom stereocenters. The van der Waals surface area contributed by atoms with Gasteiger partial charge in [0.1, 0.15) is 11.5 Å². The van der Waals surface area contributed by atoms with Crippen LogP contribution < -0.4 is 15.0 Å². The van der Waals surface area contributed by atoms with Crippen molar-refractivity contribution < 1.29 is 14.3 Å². The second kappa shape index (κ2) is 7.53. The van der Waals surface area contributed by atoms with Gasteiger partial charge in [0.25, 0.3) is 0 Å². The predicted octanol–water partition coefficient (Wildman–Crippen LogP) is 2.93. The summed E-state index contributed by atoms with van der Waals surface area (Å²) >= 11 is 0. The fraction of sp³-hybridized carbons (Fsp3) is 0.250. The smallest absolute Gasteiger partial charge is 0.122 e. The Bertz CT molecular complexity index is 506. The topological polar surface area (TPSA) is 39.7 Å². The van der Waals surface area contributed by atoms with E-state index in [1.54, 1.807) is 14.2 Å². The van der Waals surface area contributed by atoms with Gasteiger partial charge in [-0.25, -0.2) is 0 Å². The predicted molar refractivity (Wildman–Crippen MR) is 77.6 cm³/mol. The average molecular weight is 273 g/mol. The molecule has 0 aliphatic heterocycles. The molecule has 0 saturated carbocycles. The summed E-state index contributed by atoms with van der Waals surface area (Å²) in [5.41, 5.74) is 5.11. The van der Waals surface area contributed by atoms with E-state index in [2.05, 4.69) is 5.48 Å². The zero-order valence-corrected chi connectivity index (χ0v) is 11.8. The zero-order chi connectivity index (χ0) is 14.2. The van der Waals surface area contributed by atoms with Crippen LogP contribution >= 0.6 is 0 Å². The van der Waals surface area contributed by atoms with Crippen molar-refractivity contribution in [3.05, 3.63) is 59.7 Å². The van der Waals surface area contributed by atoms with Crippen molar-refractivity contribution in [3.63, 3.8) is 0 Å². The van der Waals surface area contributed by atoms with Crippen LogP contribution in [0.3, 0.4) is 0 Å². The van der Waals surface area contributed by atoms with Crippen LogP contribution in [0.15, 0.2) is 48.5 Å². The van der Waals surface area contributed by atoms with Crippen molar-refractivity contribution in [2.24, 2.45) is 0 Å². The average Bonchev–Trinajstić information content (AvgIpc) is 2.52. The molecule has 20 heavy (non-hydrogen) atoms. The molecular formula is C16H19NO3. The Labute approximate surface area is 119 Å². The van der Waals surface area contributed by atoms with Gasteiger partial charge in [-0.3, -0.25) is 4.84 Å². The van der Waals surface area contributed by atoms with Crippen molar-refractivity contribution in [2.75, 3.05) is 14.2 Å². The van der Waals surface area contributed by atoms with Gasteiger partial charge in [-0.2, -0.15) is 5.48 Å². The van der Waals surface area contributed by atoms with Crippen LogP contribution in [-0.4, -0.2) is 14.2 Å². The second-order valence-corrected chi connectivity index (χ2v) is 4.32. The SMILES string of the molecule is COc1cc(CNOCc2ccccc2)cc(OC)c1. The summed E-state index contributed by atoms with van der Waals surface area (Å²) in [4.78, 5) is 5.44. The summed E-state index contributed by atoms with van der Waals surface area (Å²) in [5.74, 6) is 1.54. The van der Waals surface area contributed by atoms with E-state index in [1.807, 2.05) is 48.5 Å². The lowest BCUT2D eigenvalue weighted by Crippen LogP contribution is -2.14. The Balaban J connectivity index is 1.84. The molecule has 0 amide bonds. The van der Waals surface area contributed by atoms with E-state index >= 15 is 0 Å². The molecule has 0 fully saturated rings. The third kappa shape index (κ3) is 4.26. The largest absolute Gasteiger partial charge is 0.497 e. The maximum absolute atomic E-state index is 5.44. The lowest BCUT2D eigenvalue weighted by Gasteiger charge is -2.09. The van der Waals surface area contributed by atoms with Gasteiger partial charge in [0.2, 0.25) is 0 Å². The first kappa shape index (κ1) is 14.4. The van der Waals surface area contributed by atoms with Crippen molar-refractivity contribution in [2.45, 2.75) is 13.2 Å². The number of hydrogen-bond acceptors (Lipinski definition) is 4. The van der Waals surface area contributed by atoms with E-state index in [4.69, 9.17) is 14.3 Å². The molecule has 0 spiro atoms. The molecule has 2 rings (SSSR count). The minimum absolute atomic E-state index is 0.530. The number of hydrogen-bond donors (Lipinski definition) is 1. The monoisotopic (exact) mass is 273 g/mol. The Hall–Kier alpha value is -2.04. The van der Waals surface area contributed by atoms with Gasteiger partial charge in [-0.15, -0.1) is 0 Å². The van der Waals surface area contributed by atoms with E-state index in [9.17, 15) is 0 Å². The molecule has 4 nitrogen and oxygen atoms in total. The molecular weight excluding hydrogens is 254 g/mol. The molecule has 4 heteroatoms. The van der Waals surface area contributed by atoms with E-state index in [0.29, 0.717) is 13.2 Å². The number of ether oxygens (including phenoxy) is 2. The Morgan fingerprint density at radius 3 is 2.10 bits per heavy atom. The highest BCUT2D eigenvalue weighted by Crippen LogP contribution is 2.22. The highest BCUT2D eigenvalue weighted by molar-refractivity contribution is 5.38.